The summed E-state index contributed by atoms with van der Waals surface area (Å²) in [4.78, 5) is 14.2. The number of hydrogen-bond donors (Lipinski definition) is 1. The Balaban J connectivity index is 2.23. The van der Waals surface area contributed by atoms with Crippen molar-refractivity contribution in [1.29, 1.82) is 0 Å². The average Bonchev–Trinajstić information content (AvgIpc) is 2.44. The lowest BCUT2D eigenvalue weighted by molar-refractivity contribution is -0.132. The monoisotopic (exact) mass is 263 g/mol. The quantitative estimate of drug-likeness (QED) is 0.912. The van der Waals surface area contributed by atoms with Crippen LogP contribution in [0.2, 0.25) is 0 Å². The molecular formula is C15H21NO3. The molecule has 1 aromatic carbocycles. The third-order valence-corrected chi connectivity index (χ3v) is 3.52. The summed E-state index contributed by atoms with van der Waals surface area (Å²) in [5.41, 5.74) is 1.74. The Morgan fingerprint density at radius 2 is 2.26 bits per heavy atom. The molecule has 1 saturated heterocycles. The molecule has 0 bridgehead atoms. The molecule has 1 aliphatic heterocycles. The lowest BCUT2D eigenvalue weighted by atomic mass is 10.1. The number of phenols is 1. The van der Waals surface area contributed by atoms with E-state index in [1.807, 2.05) is 19.9 Å². The van der Waals surface area contributed by atoms with Gasteiger partial charge in [0, 0.05) is 19.2 Å². The minimum atomic E-state index is -0.338. The molecule has 104 valence electrons. The second-order valence-corrected chi connectivity index (χ2v) is 4.91. The van der Waals surface area contributed by atoms with Gasteiger partial charge in [0.25, 0.3) is 5.91 Å². The van der Waals surface area contributed by atoms with Gasteiger partial charge in [-0.2, -0.15) is 0 Å². The molecule has 1 fully saturated rings. The fourth-order valence-corrected chi connectivity index (χ4v) is 2.44. The molecule has 0 aliphatic carbocycles. The number of benzene rings is 1. The van der Waals surface area contributed by atoms with Crippen molar-refractivity contribution in [2.75, 3.05) is 18.1 Å². The van der Waals surface area contributed by atoms with Gasteiger partial charge >= 0.3 is 0 Å². The highest BCUT2D eigenvalue weighted by Gasteiger charge is 2.27. The van der Waals surface area contributed by atoms with E-state index >= 15 is 0 Å². The number of aromatic hydroxyl groups is 1. The summed E-state index contributed by atoms with van der Waals surface area (Å²) >= 11 is 0. The maximum atomic E-state index is 12.5. The van der Waals surface area contributed by atoms with Crippen LogP contribution in [0.15, 0.2) is 18.2 Å². The molecule has 1 atom stereocenters. The summed E-state index contributed by atoms with van der Waals surface area (Å²) in [7, 11) is 0. The number of carbonyl (C=O) groups excluding carboxylic acids is 1. The van der Waals surface area contributed by atoms with Crippen LogP contribution in [0.4, 0.5) is 5.69 Å². The van der Waals surface area contributed by atoms with Crippen molar-refractivity contribution >= 4 is 11.6 Å². The predicted molar refractivity (Wildman–Crippen MR) is 74.5 cm³/mol. The minimum Gasteiger partial charge on any atom is -0.508 e. The van der Waals surface area contributed by atoms with Crippen LogP contribution in [-0.4, -0.2) is 30.3 Å². The molecule has 4 heteroatoms. The van der Waals surface area contributed by atoms with E-state index < -0.39 is 0 Å². The molecule has 1 amide bonds. The predicted octanol–water partition coefficient (Wildman–Crippen LogP) is 2.62. The van der Waals surface area contributed by atoms with Crippen molar-refractivity contribution in [2.24, 2.45) is 0 Å². The van der Waals surface area contributed by atoms with E-state index in [9.17, 15) is 9.90 Å². The van der Waals surface area contributed by atoms with Crippen LogP contribution >= 0.6 is 0 Å². The van der Waals surface area contributed by atoms with Gasteiger partial charge in [-0.1, -0.05) is 6.07 Å². The zero-order valence-corrected chi connectivity index (χ0v) is 11.6. The van der Waals surface area contributed by atoms with Gasteiger partial charge in [0.2, 0.25) is 0 Å². The van der Waals surface area contributed by atoms with Crippen LogP contribution in [0.5, 0.6) is 5.75 Å². The molecule has 1 aromatic rings. The fourth-order valence-electron chi connectivity index (χ4n) is 2.44. The van der Waals surface area contributed by atoms with E-state index in [4.69, 9.17) is 4.74 Å². The Labute approximate surface area is 114 Å². The lowest BCUT2D eigenvalue weighted by Crippen LogP contribution is -2.42. The first kappa shape index (κ1) is 13.9. The molecule has 1 heterocycles. The van der Waals surface area contributed by atoms with Gasteiger partial charge in [-0.05, 0) is 44.7 Å². The number of nitrogens with zero attached hydrogens (tertiary/aromatic N) is 1. The first-order valence-corrected chi connectivity index (χ1v) is 6.86. The molecule has 2 rings (SSSR count). The topological polar surface area (TPSA) is 49.8 Å². The van der Waals surface area contributed by atoms with E-state index in [2.05, 4.69) is 0 Å². The maximum absolute atomic E-state index is 12.5. The standard InChI is InChI=1S/C15H21NO3/c1-3-16(13-10-12(17)8-7-11(13)2)15(18)14-6-4-5-9-19-14/h7-8,10,14,17H,3-6,9H2,1-2H3. The van der Waals surface area contributed by atoms with E-state index in [1.165, 1.54) is 0 Å². The number of hydrogen-bond acceptors (Lipinski definition) is 3. The van der Waals surface area contributed by atoms with Gasteiger partial charge in [0.05, 0.1) is 5.69 Å². The van der Waals surface area contributed by atoms with Gasteiger partial charge in [-0.25, -0.2) is 0 Å². The number of carbonyl (C=O) groups is 1. The van der Waals surface area contributed by atoms with E-state index in [0.29, 0.717) is 13.2 Å². The first-order chi connectivity index (χ1) is 9.13. The highest BCUT2D eigenvalue weighted by Crippen LogP contribution is 2.27. The Kier molecular flexibility index (Phi) is 4.43. The molecule has 0 saturated carbocycles. The van der Waals surface area contributed by atoms with Crippen LogP contribution in [0.1, 0.15) is 31.7 Å². The number of aryl methyl sites for hydroxylation is 1. The lowest BCUT2D eigenvalue weighted by Gasteiger charge is -2.29. The van der Waals surface area contributed by atoms with Crippen molar-refractivity contribution in [3.63, 3.8) is 0 Å². The first-order valence-electron chi connectivity index (χ1n) is 6.86. The summed E-state index contributed by atoms with van der Waals surface area (Å²) in [6.45, 7) is 5.10. The summed E-state index contributed by atoms with van der Waals surface area (Å²) < 4.78 is 5.56. The second kappa shape index (κ2) is 6.06. The van der Waals surface area contributed by atoms with Crippen LogP contribution < -0.4 is 4.90 Å². The van der Waals surface area contributed by atoms with Crippen LogP contribution in [0.3, 0.4) is 0 Å². The van der Waals surface area contributed by atoms with Crippen molar-refractivity contribution in [1.82, 2.24) is 0 Å². The average molecular weight is 263 g/mol. The number of phenolic OH excluding ortho intramolecular Hbond substituents is 1. The molecule has 4 nitrogen and oxygen atoms in total. The van der Waals surface area contributed by atoms with Crippen molar-refractivity contribution in [2.45, 2.75) is 39.2 Å². The number of likely N-dealkylation sites (N-methyl/N-ethyl adjacent to an activating group) is 1. The molecule has 19 heavy (non-hydrogen) atoms. The summed E-state index contributed by atoms with van der Waals surface area (Å²) in [5, 5.41) is 9.60. The zero-order chi connectivity index (χ0) is 13.8. The fraction of sp³-hybridized carbons (Fsp3) is 0.533. The van der Waals surface area contributed by atoms with Gasteiger partial charge in [-0.3, -0.25) is 4.79 Å². The zero-order valence-electron chi connectivity index (χ0n) is 11.6. The molecule has 0 aromatic heterocycles. The Hall–Kier alpha value is -1.55. The maximum Gasteiger partial charge on any atom is 0.256 e. The van der Waals surface area contributed by atoms with Crippen molar-refractivity contribution in [3.05, 3.63) is 23.8 Å². The SMILES string of the molecule is CCN(C(=O)C1CCCCO1)c1cc(O)ccc1C. The molecule has 1 aliphatic rings. The minimum absolute atomic E-state index is 0.00380. The van der Waals surface area contributed by atoms with Crippen LogP contribution in [-0.2, 0) is 9.53 Å². The smallest absolute Gasteiger partial charge is 0.256 e. The highest BCUT2D eigenvalue weighted by molar-refractivity contribution is 5.97. The van der Waals surface area contributed by atoms with Crippen molar-refractivity contribution < 1.29 is 14.6 Å². The van der Waals surface area contributed by atoms with E-state index in [0.717, 1.165) is 30.5 Å². The molecule has 1 N–H and O–H groups in total. The van der Waals surface area contributed by atoms with E-state index in [-0.39, 0.29) is 17.8 Å². The third kappa shape index (κ3) is 3.07. The largest absolute Gasteiger partial charge is 0.508 e. The Morgan fingerprint density at radius 1 is 1.47 bits per heavy atom. The third-order valence-electron chi connectivity index (χ3n) is 3.52. The van der Waals surface area contributed by atoms with Gasteiger partial charge in [0.15, 0.2) is 0 Å². The Morgan fingerprint density at radius 3 is 2.89 bits per heavy atom. The molecule has 0 spiro atoms. The van der Waals surface area contributed by atoms with E-state index in [1.54, 1.807) is 17.0 Å². The number of rotatable bonds is 3. The molecular weight excluding hydrogens is 242 g/mol. The summed E-state index contributed by atoms with van der Waals surface area (Å²) in [6, 6.07) is 5.09. The van der Waals surface area contributed by atoms with Crippen LogP contribution in [0.25, 0.3) is 0 Å². The molecule has 1 unspecified atom stereocenters. The summed E-state index contributed by atoms with van der Waals surface area (Å²) in [5.74, 6) is 0.173. The normalized spacial score (nSPS) is 19.2. The van der Waals surface area contributed by atoms with Gasteiger partial charge in [-0.15, -0.1) is 0 Å². The number of anilines is 1. The summed E-state index contributed by atoms with van der Waals surface area (Å²) in [6.07, 6.45) is 2.51. The van der Waals surface area contributed by atoms with Gasteiger partial charge < -0.3 is 14.7 Å². The second-order valence-electron chi connectivity index (χ2n) is 4.91. The van der Waals surface area contributed by atoms with Crippen LogP contribution in [0, 0.1) is 6.92 Å². The van der Waals surface area contributed by atoms with Gasteiger partial charge in [0.1, 0.15) is 11.9 Å². The Bertz CT molecular complexity index is 453. The number of ether oxygens (including phenoxy) is 1. The highest BCUT2D eigenvalue weighted by atomic mass is 16.5. The number of amides is 1. The molecule has 0 radical (unpaired) electrons. The van der Waals surface area contributed by atoms with Crippen molar-refractivity contribution in [3.8, 4) is 5.75 Å².